The molecule has 0 bridgehead atoms. The Morgan fingerprint density at radius 1 is 1.39 bits per heavy atom. The second kappa shape index (κ2) is 7.46. The highest BCUT2D eigenvalue weighted by Crippen LogP contribution is 2.14. The second-order valence-electron chi connectivity index (χ2n) is 5.65. The first-order chi connectivity index (χ1) is 10.9. The van der Waals surface area contributed by atoms with Crippen LogP contribution >= 0.6 is 11.3 Å². The van der Waals surface area contributed by atoms with Crippen molar-refractivity contribution in [2.45, 2.75) is 33.2 Å². The molecule has 0 fully saturated rings. The summed E-state index contributed by atoms with van der Waals surface area (Å²) in [6.45, 7) is 5.50. The van der Waals surface area contributed by atoms with E-state index in [1.165, 1.54) is 4.88 Å². The Balaban J connectivity index is 1.86. The zero-order valence-electron chi connectivity index (χ0n) is 13.9. The first-order valence-electron chi connectivity index (χ1n) is 7.51. The molecule has 1 N–H and O–H groups in total. The molecular weight excluding hydrogens is 312 g/mol. The molecule has 0 aromatic carbocycles. The van der Waals surface area contributed by atoms with E-state index in [2.05, 4.69) is 11.4 Å². The summed E-state index contributed by atoms with van der Waals surface area (Å²) in [6, 6.07) is 5.82. The molecule has 0 unspecified atom stereocenters. The minimum absolute atomic E-state index is 0.0201. The van der Waals surface area contributed by atoms with Gasteiger partial charge in [-0.2, -0.15) is 0 Å². The number of nitrogens with one attached hydrogen (secondary N) is 1. The number of carbonyl (C=O) groups is 2. The first-order valence-corrected chi connectivity index (χ1v) is 8.39. The first kappa shape index (κ1) is 17.3. The van der Waals surface area contributed by atoms with Gasteiger partial charge in [0.25, 0.3) is 5.91 Å². The molecule has 0 saturated heterocycles. The number of nitrogens with zero attached hydrogens (tertiary/aromatic N) is 1. The molecule has 124 valence electrons. The van der Waals surface area contributed by atoms with Crippen LogP contribution in [-0.2, 0) is 11.2 Å². The van der Waals surface area contributed by atoms with Crippen molar-refractivity contribution in [1.29, 1.82) is 0 Å². The number of furan rings is 1. The van der Waals surface area contributed by atoms with E-state index in [0.717, 1.165) is 6.42 Å². The monoisotopic (exact) mass is 334 g/mol. The van der Waals surface area contributed by atoms with E-state index in [9.17, 15) is 9.59 Å². The molecule has 0 spiro atoms. The summed E-state index contributed by atoms with van der Waals surface area (Å²) in [5, 5.41) is 4.69. The van der Waals surface area contributed by atoms with Gasteiger partial charge in [0, 0.05) is 24.4 Å². The quantitative estimate of drug-likeness (QED) is 0.883. The van der Waals surface area contributed by atoms with Gasteiger partial charge < -0.3 is 14.6 Å². The van der Waals surface area contributed by atoms with Gasteiger partial charge in [0.05, 0.1) is 12.1 Å². The van der Waals surface area contributed by atoms with Crippen LogP contribution in [0.1, 0.15) is 33.7 Å². The van der Waals surface area contributed by atoms with Gasteiger partial charge in [-0.1, -0.05) is 6.07 Å². The van der Waals surface area contributed by atoms with Gasteiger partial charge in [-0.3, -0.25) is 9.59 Å². The van der Waals surface area contributed by atoms with E-state index >= 15 is 0 Å². The molecule has 5 nitrogen and oxygen atoms in total. The minimum atomic E-state index is -0.285. The van der Waals surface area contributed by atoms with Crippen molar-refractivity contribution in [2.75, 3.05) is 13.6 Å². The van der Waals surface area contributed by atoms with Crippen LogP contribution in [0.25, 0.3) is 0 Å². The molecule has 1 atom stereocenters. The van der Waals surface area contributed by atoms with E-state index < -0.39 is 0 Å². The zero-order chi connectivity index (χ0) is 17.0. The van der Waals surface area contributed by atoms with Crippen LogP contribution in [0.4, 0.5) is 0 Å². The Hall–Kier alpha value is -2.08. The molecule has 0 aliphatic carbocycles. The predicted octanol–water partition coefficient (Wildman–Crippen LogP) is 2.78. The third-order valence-corrected chi connectivity index (χ3v) is 4.72. The van der Waals surface area contributed by atoms with Crippen molar-refractivity contribution in [3.05, 3.63) is 45.5 Å². The average Bonchev–Trinajstić information content (AvgIpc) is 3.12. The molecule has 2 amide bonds. The molecule has 2 heterocycles. The smallest absolute Gasteiger partial charge is 0.255 e. The van der Waals surface area contributed by atoms with Crippen molar-refractivity contribution in [3.63, 3.8) is 0 Å². The summed E-state index contributed by atoms with van der Waals surface area (Å²) in [7, 11) is 1.76. The molecule has 2 aromatic rings. The van der Waals surface area contributed by atoms with Crippen LogP contribution in [-0.4, -0.2) is 36.3 Å². The highest BCUT2D eigenvalue weighted by molar-refractivity contribution is 7.09. The fourth-order valence-corrected chi connectivity index (χ4v) is 3.16. The highest BCUT2D eigenvalue weighted by Gasteiger charge is 2.19. The van der Waals surface area contributed by atoms with Gasteiger partial charge in [-0.15, -0.1) is 11.3 Å². The van der Waals surface area contributed by atoms with E-state index in [1.807, 2.05) is 18.4 Å². The van der Waals surface area contributed by atoms with Crippen molar-refractivity contribution < 1.29 is 14.0 Å². The number of thiophene rings is 1. The fourth-order valence-electron chi connectivity index (χ4n) is 2.33. The SMILES string of the molecule is Cc1cc(C(=O)NCC(=O)N(C)[C@@H](C)Cc2cccs2)c(C)o1. The maximum absolute atomic E-state index is 12.2. The van der Waals surface area contributed by atoms with Gasteiger partial charge in [-0.05, 0) is 38.3 Å². The van der Waals surface area contributed by atoms with E-state index in [0.29, 0.717) is 17.1 Å². The summed E-state index contributed by atoms with van der Waals surface area (Å²) in [5.74, 6) is 0.847. The predicted molar refractivity (Wildman–Crippen MR) is 90.8 cm³/mol. The largest absolute Gasteiger partial charge is 0.466 e. The summed E-state index contributed by atoms with van der Waals surface area (Å²) in [6.07, 6.45) is 0.813. The Morgan fingerprint density at radius 3 is 2.70 bits per heavy atom. The summed E-state index contributed by atoms with van der Waals surface area (Å²) in [5.41, 5.74) is 0.476. The highest BCUT2D eigenvalue weighted by atomic mass is 32.1. The summed E-state index contributed by atoms with van der Waals surface area (Å²) >= 11 is 1.68. The maximum Gasteiger partial charge on any atom is 0.255 e. The third-order valence-electron chi connectivity index (χ3n) is 3.82. The van der Waals surface area contributed by atoms with E-state index in [1.54, 1.807) is 43.2 Å². The number of likely N-dealkylation sites (N-methyl/N-ethyl adjacent to an activating group) is 1. The van der Waals surface area contributed by atoms with Gasteiger partial charge in [0.2, 0.25) is 5.91 Å². The Kier molecular flexibility index (Phi) is 5.60. The van der Waals surface area contributed by atoms with Crippen molar-refractivity contribution in [3.8, 4) is 0 Å². The summed E-state index contributed by atoms with van der Waals surface area (Å²) < 4.78 is 5.33. The third kappa shape index (κ3) is 4.45. The number of aryl methyl sites for hydroxylation is 2. The van der Waals surface area contributed by atoms with Crippen LogP contribution in [0, 0.1) is 13.8 Å². The normalized spacial score (nSPS) is 12.0. The van der Waals surface area contributed by atoms with Crippen LogP contribution in [0.2, 0.25) is 0 Å². The minimum Gasteiger partial charge on any atom is -0.466 e. The topological polar surface area (TPSA) is 62.6 Å². The van der Waals surface area contributed by atoms with Crippen molar-refractivity contribution >= 4 is 23.2 Å². The van der Waals surface area contributed by atoms with Gasteiger partial charge >= 0.3 is 0 Å². The molecule has 0 aliphatic heterocycles. The Bertz CT molecular complexity index is 676. The van der Waals surface area contributed by atoms with Crippen molar-refractivity contribution in [2.24, 2.45) is 0 Å². The standard InChI is InChI=1S/C17H22N2O3S/c1-11(8-14-6-5-7-23-14)19(4)16(20)10-18-17(21)15-9-12(2)22-13(15)3/h5-7,9,11H,8,10H2,1-4H3,(H,18,21)/t11-/m0/s1. The number of carbonyl (C=O) groups excluding carboxylic acids is 2. The Morgan fingerprint density at radius 2 is 2.13 bits per heavy atom. The lowest BCUT2D eigenvalue weighted by molar-refractivity contribution is -0.130. The van der Waals surface area contributed by atoms with Gasteiger partial charge in [0.15, 0.2) is 0 Å². The fraction of sp³-hybridized carbons (Fsp3) is 0.412. The number of hydrogen-bond donors (Lipinski definition) is 1. The second-order valence-corrected chi connectivity index (χ2v) is 6.68. The van der Waals surface area contributed by atoms with Crippen LogP contribution in [0.15, 0.2) is 28.0 Å². The molecule has 2 aromatic heterocycles. The lowest BCUT2D eigenvalue weighted by Gasteiger charge is -2.24. The summed E-state index contributed by atoms with van der Waals surface area (Å²) in [4.78, 5) is 27.2. The van der Waals surface area contributed by atoms with E-state index in [-0.39, 0.29) is 24.4 Å². The van der Waals surface area contributed by atoms with Crippen molar-refractivity contribution in [1.82, 2.24) is 10.2 Å². The number of amides is 2. The number of rotatable bonds is 6. The average molecular weight is 334 g/mol. The van der Waals surface area contributed by atoms with Crippen LogP contribution < -0.4 is 5.32 Å². The molecule has 23 heavy (non-hydrogen) atoms. The van der Waals surface area contributed by atoms with Gasteiger partial charge in [-0.25, -0.2) is 0 Å². The zero-order valence-corrected chi connectivity index (χ0v) is 14.7. The molecular formula is C17H22N2O3S. The van der Waals surface area contributed by atoms with E-state index in [4.69, 9.17) is 4.42 Å². The molecule has 0 saturated carbocycles. The lowest BCUT2D eigenvalue weighted by Crippen LogP contribution is -2.43. The lowest BCUT2D eigenvalue weighted by atomic mass is 10.2. The molecule has 2 rings (SSSR count). The van der Waals surface area contributed by atoms with Crippen LogP contribution in [0.5, 0.6) is 0 Å². The molecule has 0 aliphatic rings. The molecule has 0 radical (unpaired) electrons. The number of hydrogen-bond acceptors (Lipinski definition) is 4. The van der Waals surface area contributed by atoms with Crippen LogP contribution in [0.3, 0.4) is 0 Å². The molecule has 6 heteroatoms. The maximum atomic E-state index is 12.2. The Labute approximate surface area is 140 Å². The van der Waals surface area contributed by atoms with Gasteiger partial charge in [0.1, 0.15) is 11.5 Å².